The number of amides is 1. The maximum absolute atomic E-state index is 12.6. The maximum Gasteiger partial charge on any atom is 0.273 e. The van der Waals surface area contributed by atoms with Gasteiger partial charge >= 0.3 is 0 Å². The van der Waals surface area contributed by atoms with E-state index in [4.69, 9.17) is 4.98 Å². The van der Waals surface area contributed by atoms with E-state index in [1.54, 1.807) is 11.8 Å². The van der Waals surface area contributed by atoms with E-state index in [1.807, 2.05) is 55.6 Å². The molecule has 8 heteroatoms. The van der Waals surface area contributed by atoms with Gasteiger partial charge in [0.1, 0.15) is 0 Å². The third-order valence-electron chi connectivity index (χ3n) is 6.46. The molecule has 2 aromatic heterocycles. The number of H-pyrrole nitrogens is 2. The fourth-order valence-electron chi connectivity index (χ4n) is 4.66. The predicted octanol–water partition coefficient (Wildman–Crippen LogP) is 5.05. The highest BCUT2D eigenvalue weighted by atomic mass is 32.2. The van der Waals surface area contributed by atoms with Gasteiger partial charge < -0.3 is 10.4 Å². The molecule has 1 unspecified atom stereocenters. The molecular formula is C27H29N5O2S. The number of carbonyl (C=O) groups is 1. The summed E-state index contributed by atoms with van der Waals surface area (Å²) < 4.78 is 0. The zero-order valence-corrected chi connectivity index (χ0v) is 20.7. The first-order valence-electron chi connectivity index (χ1n) is 12.0. The average Bonchev–Trinajstić information content (AvgIpc) is 3.45. The standard InChI is InChI=1S/C27H29N5O2S/c1-3-7-21-25(27(34)31-30-21)22-16-24(19-8-4-5-9-20(19)29-22)35-18-13-11-17(12-14-18)28-26(33)23-10-6-15-32(23)2/h4-5,8-9,11-14,16,23H,3,6-7,10,15H2,1-2H3,(H,28,33)(H2,30,31,34). The first-order valence-corrected chi connectivity index (χ1v) is 12.8. The van der Waals surface area contributed by atoms with Crippen LogP contribution in [0.15, 0.2) is 69.2 Å². The van der Waals surface area contributed by atoms with E-state index < -0.39 is 0 Å². The van der Waals surface area contributed by atoms with Crippen LogP contribution in [0.2, 0.25) is 0 Å². The molecule has 1 fully saturated rings. The van der Waals surface area contributed by atoms with Crippen molar-refractivity contribution in [1.82, 2.24) is 20.1 Å². The second-order valence-electron chi connectivity index (χ2n) is 8.96. The largest absolute Gasteiger partial charge is 0.325 e. The fourth-order valence-corrected chi connectivity index (χ4v) is 5.64. The van der Waals surface area contributed by atoms with Crippen molar-refractivity contribution in [2.75, 3.05) is 18.9 Å². The Hall–Kier alpha value is -3.36. The van der Waals surface area contributed by atoms with Crippen LogP contribution in [0.5, 0.6) is 0 Å². The monoisotopic (exact) mass is 487 g/mol. The molecule has 3 heterocycles. The number of fused-ring (bicyclic) bond motifs is 1. The van der Waals surface area contributed by atoms with Crippen LogP contribution in [-0.2, 0) is 11.2 Å². The van der Waals surface area contributed by atoms with Gasteiger partial charge in [0.2, 0.25) is 5.91 Å². The summed E-state index contributed by atoms with van der Waals surface area (Å²) in [7, 11) is 2.00. The molecule has 0 saturated carbocycles. The van der Waals surface area contributed by atoms with Gasteiger partial charge in [0.25, 0.3) is 5.56 Å². The molecule has 3 N–H and O–H groups in total. The summed E-state index contributed by atoms with van der Waals surface area (Å²) in [6, 6.07) is 17.8. The van der Waals surface area contributed by atoms with Crippen LogP contribution in [0.25, 0.3) is 22.2 Å². The van der Waals surface area contributed by atoms with E-state index in [-0.39, 0.29) is 17.5 Å². The smallest absolute Gasteiger partial charge is 0.273 e. The Kier molecular flexibility index (Phi) is 6.74. The summed E-state index contributed by atoms with van der Waals surface area (Å²) in [6.45, 7) is 3.05. The lowest BCUT2D eigenvalue weighted by molar-refractivity contribution is -0.119. The van der Waals surface area contributed by atoms with E-state index in [0.717, 1.165) is 64.3 Å². The van der Waals surface area contributed by atoms with Gasteiger partial charge in [-0.25, -0.2) is 4.98 Å². The number of nitrogens with zero attached hydrogens (tertiary/aromatic N) is 2. The van der Waals surface area contributed by atoms with Gasteiger partial charge in [0.05, 0.1) is 22.8 Å². The first kappa shape index (κ1) is 23.4. The van der Waals surface area contributed by atoms with E-state index in [2.05, 4.69) is 33.4 Å². The quantitative estimate of drug-likeness (QED) is 0.339. The second kappa shape index (κ2) is 10.1. The van der Waals surface area contributed by atoms with Crippen molar-refractivity contribution < 1.29 is 4.79 Å². The number of hydrogen-bond acceptors (Lipinski definition) is 5. The van der Waals surface area contributed by atoms with Crippen LogP contribution >= 0.6 is 11.8 Å². The van der Waals surface area contributed by atoms with E-state index in [1.165, 1.54) is 0 Å². The predicted molar refractivity (Wildman–Crippen MR) is 141 cm³/mol. The Labute approximate surface area is 208 Å². The molecule has 5 rings (SSSR count). The Bertz CT molecular complexity index is 1410. The van der Waals surface area contributed by atoms with Crippen molar-refractivity contribution in [2.24, 2.45) is 0 Å². The first-order chi connectivity index (χ1) is 17.0. The van der Waals surface area contributed by atoms with Crippen molar-refractivity contribution in [3.05, 3.63) is 70.6 Å². The van der Waals surface area contributed by atoms with E-state index >= 15 is 0 Å². The molecule has 2 aromatic carbocycles. The van der Waals surface area contributed by atoms with Crippen molar-refractivity contribution >= 4 is 34.3 Å². The van der Waals surface area contributed by atoms with Gasteiger partial charge in [-0.1, -0.05) is 43.3 Å². The summed E-state index contributed by atoms with van der Waals surface area (Å²) >= 11 is 1.62. The number of hydrogen-bond donors (Lipinski definition) is 3. The lowest BCUT2D eigenvalue weighted by Crippen LogP contribution is -2.37. The number of aromatic nitrogens is 3. The number of rotatable bonds is 7. The molecule has 35 heavy (non-hydrogen) atoms. The molecule has 1 aliphatic heterocycles. The molecule has 0 aliphatic carbocycles. The molecule has 0 radical (unpaired) electrons. The second-order valence-corrected chi connectivity index (χ2v) is 10.1. The van der Waals surface area contributed by atoms with Crippen LogP contribution in [0.1, 0.15) is 31.9 Å². The molecule has 1 saturated heterocycles. The van der Waals surface area contributed by atoms with Crippen LogP contribution in [0, 0.1) is 0 Å². The molecule has 1 aliphatic rings. The number of para-hydroxylation sites is 1. The summed E-state index contributed by atoms with van der Waals surface area (Å²) in [5.41, 5.74) is 3.64. The van der Waals surface area contributed by atoms with Crippen molar-refractivity contribution in [1.29, 1.82) is 0 Å². The molecule has 1 amide bonds. The summed E-state index contributed by atoms with van der Waals surface area (Å²) in [6.07, 6.45) is 3.66. The summed E-state index contributed by atoms with van der Waals surface area (Å²) in [5.74, 6) is 0.0507. The Morgan fingerprint density at radius 2 is 1.97 bits per heavy atom. The lowest BCUT2D eigenvalue weighted by atomic mass is 10.1. The third kappa shape index (κ3) is 4.90. The zero-order chi connectivity index (χ0) is 24.4. The zero-order valence-electron chi connectivity index (χ0n) is 19.9. The molecule has 0 bridgehead atoms. The third-order valence-corrected chi connectivity index (χ3v) is 7.53. The normalized spacial score (nSPS) is 16.1. The molecule has 4 aromatic rings. The summed E-state index contributed by atoms with van der Waals surface area (Å²) in [4.78, 5) is 34.2. The number of aromatic amines is 2. The minimum absolute atomic E-state index is 0.0507. The molecule has 0 spiro atoms. The van der Waals surface area contributed by atoms with Crippen LogP contribution in [0.3, 0.4) is 0 Å². The number of pyridine rings is 1. The van der Waals surface area contributed by atoms with Crippen molar-refractivity contribution in [3.8, 4) is 11.3 Å². The molecule has 1 atom stereocenters. The van der Waals surface area contributed by atoms with Crippen molar-refractivity contribution in [2.45, 2.75) is 48.4 Å². The van der Waals surface area contributed by atoms with Gasteiger partial charge in [0.15, 0.2) is 0 Å². The van der Waals surface area contributed by atoms with Crippen LogP contribution in [-0.4, -0.2) is 45.6 Å². The summed E-state index contributed by atoms with van der Waals surface area (Å²) in [5, 5.41) is 9.81. The van der Waals surface area contributed by atoms with Gasteiger partial charge in [0, 0.05) is 26.6 Å². The molecule has 180 valence electrons. The number of carbonyl (C=O) groups excluding carboxylic acids is 1. The number of benzene rings is 2. The van der Waals surface area contributed by atoms with E-state index in [9.17, 15) is 9.59 Å². The Balaban J connectivity index is 1.43. The molecular weight excluding hydrogens is 458 g/mol. The molecule has 7 nitrogen and oxygen atoms in total. The Morgan fingerprint density at radius 3 is 2.71 bits per heavy atom. The van der Waals surface area contributed by atoms with Gasteiger partial charge in [-0.2, -0.15) is 0 Å². The van der Waals surface area contributed by atoms with Crippen LogP contribution < -0.4 is 10.9 Å². The van der Waals surface area contributed by atoms with Crippen molar-refractivity contribution in [3.63, 3.8) is 0 Å². The maximum atomic E-state index is 12.6. The number of anilines is 1. The number of aryl methyl sites for hydroxylation is 1. The topological polar surface area (TPSA) is 93.9 Å². The number of likely N-dealkylation sites (N-methyl/N-ethyl adjacent to an activating group) is 1. The van der Waals surface area contributed by atoms with Gasteiger partial charge in [-0.15, -0.1) is 0 Å². The minimum Gasteiger partial charge on any atom is -0.325 e. The SMILES string of the molecule is CCCc1[nH][nH]c(=O)c1-c1cc(Sc2ccc(NC(=O)C3CCCN3C)cc2)c2ccccc2n1. The van der Waals surface area contributed by atoms with Crippen LogP contribution in [0.4, 0.5) is 5.69 Å². The lowest BCUT2D eigenvalue weighted by Gasteiger charge is -2.18. The fraction of sp³-hybridized carbons (Fsp3) is 0.296. The van der Waals surface area contributed by atoms with Gasteiger partial charge in [-0.3, -0.25) is 19.6 Å². The highest BCUT2D eigenvalue weighted by Gasteiger charge is 2.27. The number of likely N-dealkylation sites (tertiary alicyclic amines) is 1. The van der Waals surface area contributed by atoms with E-state index in [0.29, 0.717) is 11.3 Å². The van der Waals surface area contributed by atoms with Gasteiger partial charge in [-0.05, 0) is 69.3 Å². The number of nitrogens with one attached hydrogen (secondary N) is 3. The Morgan fingerprint density at radius 1 is 1.17 bits per heavy atom. The highest BCUT2D eigenvalue weighted by molar-refractivity contribution is 7.99. The highest BCUT2D eigenvalue weighted by Crippen LogP contribution is 2.36. The minimum atomic E-state index is -0.153. The average molecular weight is 488 g/mol.